The Morgan fingerprint density at radius 2 is 1.80 bits per heavy atom. The highest BCUT2D eigenvalue weighted by Crippen LogP contribution is 2.27. The zero-order chi connectivity index (χ0) is 14.9. The quantitative estimate of drug-likeness (QED) is 0.842. The van der Waals surface area contributed by atoms with E-state index in [-0.39, 0.29) is 6.04 Å². The van der Waals surface area contributed by atoms with Crippen molar-refractivity contribution in [3.05, 3.63) is 23.8 Å². The molecule has 0 bridgehead atoms. The van der Waals surface area contributed by atoms with Gasteiger partial charge in [-0.15, -0.1) is 0 Å². The third kappa shape index (κ3) is 3.09. The van der Waals surface area contributed by atoms with Crippen LogP contribution in [0.15, 0.2) is 17.0 Å². The zero-order valence-electron chi connectivity index (χ0n) is 11.2. The first kappa shape index (κ1) is 15.2. The van der Waals surface area contributed by atoms with E-state index in [1.54, 1.807) is 0 Å². The molecule has 20 heavy (non-hydrogen) atoms. The van der Waals surface area contributed by atoms with E-state index in [9.17, 15) is 17.2 Å². The first-order valence-corrected chi connectivity index (χ1v) is 8.05. The van der Waals surface area contributed by atoms with E-state index in [1.807, 2.05) is 0 Å². The highest BCUT2D eigenvalue weighted by Gasteiger charge is 2.27. The number of hydrogen-bond donors (Lipinski definition) is 2. The van der Waals surface area contributed by atoms with E-state index in [2.05, 4.69) is 11.6 Å². The third-order valence-corrected chi connectivity index (χ3v) is 5.26. The molecule has 112 valence electrons. The molecule has 0 aromatic heterocycles. The van der Waals surface area contributed by atoms with E-state index in [4.69, 9.17) is 5.73 Å². The number of nitrogens with one attached hydrogen (secondary N) is 1. The van der Waals surface area contributed by atoms with Gasteiger partial charge in [-0.05, 0) is 43.7 Å². The number of benzene rings is 1. The van der Waals surface area contributed by atoms with Crippen molar-refractivity contribution in [2.24, 2.45) is 5.92 Å². The molecule has 4 nitrogen and oxygen atoms in total. The lowest BCUT2D eigenvalue weighted by Crippen LogP contribution is -2.37. The van der Waals surface area contributed by atoms with Crippen LogP contribution in [0.5, 0.6) is 0 Å². The van der Waals surface area contributed by atoms with Crippen LogP contribution >= 0.6 is 0 Å². The molecule has 0 saturated heterocycles. The summed E-state index contributed by atoms with van der Waals surface area (Å²) in [6, 6.07) is 1.55. The number of sulfonamides is 1. The standard InChI is InChI=1S/C13H18F2N2O2S/c1-8-2-4-9(5-3-8)17-20(18,19)11-7-6-10(14)13(16)12(11)15/h6-9,17H,2-5,16H2,1H3. The molecule has 7 heteroatoms. The van der Waals surface area contributed by atoms with Gasteiger partial charge >= 0.3 is 0 Å². The number of nitrogens with two attached hydrogens (primary N) is 1. The summed E-state index contributed by atoms with van der Waals surface area (Å²) in [7, 11) is -4.02. The van der Waals surface area contributed by atoms with Crippen molar-refractivity contribution in [2.75, 3.05) is 5.73 Å². The van der Waals surface area contributed by atoms with E-state index in [1.165, 1.54) is 0 Å². The molecule has 3 N–H and O–H groups in total. The maximum absolute atomic E-state index is 13.8. The minimum atomic E-state index is -4.02. The lowest BCUT2D eigenvalue weighted by molar-refractivity contribution is 0.332. The lowest BCUT2D eigenvalue weighted by atomic mass is 9.88. The number of halogens is 2. The van der Waals surface area contributed by atoms with Crippen molar-refractivity contribution >= 4 is 15.7 Å². The van der Waals surface area contributed by atoms with Gasteiger partial charge in [0.15, 0.2) is 5.82 Å². The molecule has 0 amide bonds. The van der Waals surface area contributed by atoms with Crippen LogP contribution in [0.4, 0.5) is 14.5 Å². The van der Waals surface area contributed by atoms with Gasteiger partial charge in [0.1, 0.15) is 16.4 Å². The third-order valence-electron chi connectivity index (χ3n) is 3.72. The molecule has 0 radical (unpaired) electrons. The van der Waals surface area contributed by atoms with Gasteiger partial charge in [-0.3, -0.25) is 0 Å². The number of hydrogen-bond acceptors (Lipinski definition) is 3. The fourth-order valence-corrected chi connectivity index (χ4v) is 3.81. The van der Waals surface area contributed by atoms with Gasteiger partial charge in [-0.1, -0.05) is 6.92 Å². The molecule has 1 aromatic carbocycles. The summed E-state index contributed by atoms with van der Waals surface area (Å²) in [6.45, 7) is 2.12. The van der Waals surface area contributed by atoms with Gasteiger partial charge in [-0.2, -0.15) is 0 Å². The maximum atomic E-state index is 13.8. The van der Waals surface area contributed by atoms with Crippen LogP contribution in [-0.4, -0.2) is 14.5 Å². The lowest BCUT2D eigenvalue weighted by Gasteiger charge is -2.26. The summed E-state index contributed by atoms with van der Waals surface area (Å²) in [5.74, 6) is -1.62. The van der Waals surface area contributed by atoms with Gasteiger partial charge in [0.2, 0.25) is 10.0 Å². The van der Waals surface area contributed by atoms with Crippen molar-refractivity contribution in [1.29, 1.82) is 0 Å². The zero-order valence-corrected chi connectivity index (χ0v) is 12.0. The van der Waals surface area contributed by atoms with E-state index < -0.39 is 32.2 Å². The Balaban J connectivity index is 2.21. The second-order valence-electron chi connectivity index (χ2n) is 5.35. The largest absolute Gasteiger partial charge is 0.394 e. The molecule has 2 rings (SSSR count). The molecular formula is C13H18F2N2O2S. The Hall–Kier alpha value is -1.21. The van der Waals surface area contributed by atoms with E-state index in [0.29, 0.717) is 5.92 Å². The van der Waals surface area contributed by atoms with Gasteiger partial charge in [0.05, 0.1) is 0 Å². The molecule has 0 spiro atoms. The summed E-state index contributed by atoms with van der Waals surface area (Å²) in [5, 5.41) is 0. The monoisotopic (exact) mass is 304 g/mol. The molecule has 0 unspecified atom stereocenters. The Labute approximate surface area is 117 Å². The summed E-state index contributed by atoms with van der Waals surface area (Å²) in [6.07, 6.45) is 3.31. The number of nitrogen functional groups attached to an aromatic ring is 1. The van der Waals surface area contributed by atoms with Crippen molar-refractivity contribution in [1.82, 2.24) is 4.72 Å². The van der Waals surface area contributed by atoms with Crippen LogP contribution in [0.1, 0.15) is 32.6 Å². The first-order chi connectivity index (χ1) is 9.31. The van der Waals surface area contributed by atoms with E-state index in [0.717, 1.165) is 37.8 Å². The Morgan fingerprint density at radius 3 is 2.40 bits per heavy atom. The fraction of sp³-hybridized carbons (Fsp3) is 0.538. The van der Waals surface area contributed by atoms with Crippen LogP contribution < -0.4 is 10.5 Å². The smallest absolute Gasteiger partial charge is 0.243 e. The molecule has 1 aliphatic rings. The second kappa shape index (κ2) is 5.65. The molecule has 1 aromatic rings. The van der Waals surface area contributed by atoms with Crippen LogP contribution in [0.25, 0.3) is 0 Å². The first-order valence-electron chi connectivity index (χ1n) is 6.57. The van der Waals surface area contributed by atoms with Crippen molar-refractivity contribution in [3.63, 3.8) is 0 Å². The molecule has 0 heterocycles. The Bertz CT molecular complexity index is 597. The van der Waals surface area contributed by atoms with Crippen LogP contribution in [0.3, 0.4) is 0 Å². The SMILES string of the molecule is CC1CCC(NS(=O)(=O)c2ccc(F)c(N)c2F)CC1. The van der Waals surface area contributed by atoms with Crippen molar-refractivity contribution in [3.8, 4) is 0 Å². The average Bonchev–Trinajstić information content (AvgIpc) is 2.38. The van der Waals surface area contributed by atoms with Gasteiger partial charge in [0, 0.05) is 6.04 Å². The molecule has 1 aliphatic carbocycles. The summed E-state index contributed by atoms with van der Waals surface area (Å²) < 4.78 is 53.6. The van der Waals surface area contributed by atoms with E-state index >= 15 is 0 Å². The van der Waals surface area contributed by atoms with Crippen molar-refractivity contribution in [2.45, 2.75) is 43.5 Å². The summed E-state index contributed by atoms with van der Waals surface area (Å²) >= 11 is 0. The van der Waals surface area contributed by atoms with Gasteiger partial charge < -0.3 is 5.73 Å². The Morgan fingerprint density at radius 1 is 1.20 bits per heavy atom. The highest BCUT2D eigenvalue weighted by molar-refractivity contribution is 7.89. The minimum absolute atomic E-state index is 0.207. The van der Waals surface area contributed by atoms with Crippen molar-refractivity contribution < 1.29 is 17.2 Å². The van der Waals surface area contributed by atoms with Crippen LogP contribution in [0.2, 0.25) is 0 Å². The number of rotatable bonds is 3. The predicted molar refractivity (Wildman–Crippen MR) is 72.5 cm³/mol. The Kier molecular flexibility index (Phi) is 4.29. The summed E-state index contributed by atoms with van der Waals surface area (Å²) in [5.41, 5.74) is 4.42. The fourth-order valence-electron chi connectivity index (χ4n) is 2.42. The molecular weight excluding hydrogens is 286 g/mol. The molecule has 0 atom stereocenters. The number of anilines is 1. The van der Waals surface area contributed by atoms with Crippen LogP contribution in [-0.2, 0) is 10.0 Å². The van der Waals surface area contributed by atoms with Crippen LogP contribution in [0, 0.1) is 17.6 Å². The topological polar surface area (TPSA) is 72.2 Å². The average molecular weight is 304 g/mol. The normalized spacial score (nSPS) is 23.8. The minimum Gasteiger partial charge on any atom is -0.394 e. The van der Waals surface area contributed by atoms with Gasteiger partial charge in [0.25, 0.3) is 0 Å². The second-order valence-corrected chi connectivity index (χ2v) is 7.03. The highest BCUT2D eigenvalue weighted by atomic mass is 32.2. The summed E-state index contributed by atoms with van der Waals surface area (Å²) in [4.78, 5) is -0.602. The maximum Gasteiger partial charge on any atom is 0.243 e. The molecule has 0 aliphatic heterocycles. The van der Waals surface area contributed by atoms with Gasteiger partial charge in [-0.25, -0.2) is 21.9 Å². The molecule has 1 fully saturated rings. The molecule has 1 saturated carbocycles. The predicted octanol–water partition coefficient (Wildman–Crippen LogP) is 2.40.